The minimum atomic E-state index is -1.38. The van der Waals surface area contributed by atoms with Crippen LogP contribution in [0.1, 0.15) is 54.2 Å². The molecule has 2 saturated heterocycles. The second-order valence-electron chi connectivity index (χ2n) is 11.1. The number of anilines is 1. The van der Waals surface area contributed by atoms with Crippen LogP contribution in [-0.2, 0) is 23.1 Å². The third-order valence-electron chi connectivity index (χ3n) is 8.96. The molecule has 11 heteroatoms. The van der Waals surface area contributed by atoms with Gasteiger partial charge in [0.2, 0.25) is 0 Å². The lowest BCUT2D eigenvalue weighted by Crippen LogP contribution is -2.55. The molecule has 0 bridgehead atoms. The molecule has 40 heavy (non-hydrogen) atoms. The number of rotatable bonds is 6. The number of fused-ring (bicyclic) bond motifs is 3. The Balaban J connectivity index is 1.37. The van der Waals surface area contributed by atoms with Crippen molar-refractivity contribution in [3.63, 3.8) is 0 Å². The van der Waals surface area contributed by atoms with Gasteiger partial charge in [-0.3, -0.25) is 4.79 Å². The van der Waals surface area contributed by atoms with E-state index in [1.165, 1.54) is 4.90 Å². The number of alkyl halides is 1. The second kappa shape index (κ2) is 10.6. The highest BCUT2D eigenvalue weighted by Crippen LogP contribution is 2.56. The Morgan fingerprint density at radius 1 is 1.27 bits per heavy atom. The Morgan fingerprint density at radius 2 is 2.05 bits per heavy atom. The van der Waals surface area contributed by atoms with Crippen LogP contribution in [0.5, 0.6) is 6.01 Å². The third kappa shape index (κ3) is 4.49. The molecule has 0 radical (unpaired) electrons. The Kier molecular flexibility index (Phi) is 7.13. The lowest BCUT2D eigenvalue weighted by molar-refractivity contribution is -0.131. The SMILES string of the molecule is C=C(F)C(=O)N1CCN(c2nc(OC[C@H]3CCN3)nc3c2CC[C@@]2(CCc4c(Cl)cccc42)C3F)C[C@@H]1CC#N. The zero-order valence-corrected chi connectivity index (χ0v) is 22.9. The van der Waals surface area contributed by atoms with E-state index in [1.807, 2.05) is 23.1 Å². The van der Waals surface area contributed by atoms with Crippen molar-refractivity contribution >= 4 is 23.3 Å². The molecule has 0 saturated carbocycles. The fourth-order valence-corrected chi connectivity index (χ4v) is 6.95. The van der Waals surface area contributed by atoms with Crippen LogP contribution in [0, 0.1) is 11.3 Å². The number of piperazine rings is 1. The van der Waals surface area contributed by atoms with Crippen LogP contribution in [0.3, 0.4) is 0 Å². The van der Waals surface area contributed by atoms with Crippen molar-refractivity contribution in [3.8, 4) is 12.1 Å². The van der Waals surface area contributed by atoms with Crippen LogP contribution in [0.25, 0.3) is 0 Å². The first-order valence-electron chi connectivity index (χ1n) is 13.8. The maximum Gasteiger partial charge on any atom is 0.318 e. The van der Waals surface area contributed by atoms with Gasteiger partial charge in [-0.25, -0.2) is 8.78 Å². The van der Waals surface area contributed by atoms with Gasteiger partial charge in [0.1, 0.15) is 12.4 Å². The van der Waals surface area contributed by atoms with Gasteiger partial charge in [-0.05, 0) is 55.8 Å². The zero-order valence-electron chi connectivity index (χ0n) is 22.1. The summed E-state index contributed by atoms with van der Waals surface area (Å²) in [6.07, 6.45) is 2.12. The quantitative estimate of drug-likeness (QED) is 0.524. The topological polar surface area (TPSA) is 94.4 Å². The van der Waals surface area contributed by atoms with E-state index in [0.29, 0.717) is 60.9 Å². The van der Waals surface area contributed by atoms with Crippen LogP contribution in [0.15, 0.2) is 30.6 Å². The molecular weight excluding hydrogens is 538 g/mol. The number of ether oxygens (including phenoxy) is 1. The van der Waals surface area contributed by atoms with E-state index in [4.69, 9.17) is 21.3 Å². The maximum atomic E-state index is 16.8. The summed E-state index contributed by atoms with van der Waals surface area (Å²) in [7, 11) is 0. The summed E-state index contributed by atoms with van der Waals surface area (Å²) in [6.45, 7) is 5.21. The van der Waals surface area contributed by atoms with Gasteiger partial charge in [0.15, 0.2) is 12.0 Å². The van der Waals surface area contributed by atoms with Crippen molar-refractivity contribution in [3.05, 3.63) is 58.0 Å². The molecule has 1 aromatic carbocycles. The molecule has 2 aliphatic carbocycles. The molecule has 8 nitrogen and oxygen atoms in total. The molecule has 2 aromatic rings. The average molecular weight is 569 g/mol. The van der Waals surface area contributed by atoms with Crippen molar-refractivity contribution in [2.24, 2.45) is 0 Å². The lowest BCUT2D eigenvalue weighted by atomic mass is 9.68. The highest BCUT2D eigenvalue weighted by molar-refractivity contribution is 6.31. The van der Waals surface area contributed by atoms with Crippen LogP contribution in [0.2, 0.25) is 5.02 Å². The molecule has 6 rings (SSSR count). The monoisotopic (exact) mass is 568 g/mol. The number of benzene rings is 1. The van der Waals surface area contributed by atoms with E-state index in [1.54, 1.807) is 0 Å². The van der Waals surface area contributed by atoms with Crippen LogP contribution < -0.4 is 15.0 Å². The van der Waals surface area contributed by atoms with E-state index in [2.05, 4.69) is 22.9 Å². The van der Waals surface area contributed by atoms with E-state index >= 15 is 4.39 Å². The molecule has 1 spiro atoms. The standard InChI is InChI=1S/C29H31ClF2N6O2/c1-17(31)27(39)38-14-13-37(15-19(38)7-11-33)26-21-6-10-29(9-5-20-22(29)3-2-4-23(20)30)25(32)24(21)35-28(36-26)40-16-18-8-12-34-18/h2-4,18-19,25,34H,1,5-10,12-16H2/t18-,19+,25?,29-/m1/s1. The van der Waals surface area contributed by atoms with Gasteiger partial charge in [0, 0.05) is 41.7 Å². The minimum Gasteiger partial charge on any atom is -0.462 e. The first-order chi connectivity index (χ1) is 19.3. The largest absolute Gasteiger partial charge is 0.462 e. The van der Waals surface area contributed by atoms with Gasteiger partial charge in [-0.2, -0.15) is 15.2 Å². The van der Waals surface area contributed by atoms with Crippen LogP contribution in [-0.4, -0.2) is 65.6 Å². The molecule has 4 aliphatic rings. The van der Waals surface area contributed by atoms with Gasteiger partial charge in [0.05, 0.1) is 24.2 Å². The number of nitrogens with zero attached hydrogens (tertiary/aromatic N) is 5. The Hall–Kier alpha value is -3.29. The van der Waals surface area contributed by atoms with Crippen molar-refractivity contribution in [1.29, 1.82) is 5.26 Å². The van der Waals surface area contributed by atoms with Gasteiger partial charge in [-0.1, -0.05) is 30.3 Å². The van der Waals surface area contributed by atoms with E-state index in [9.17, 15) is 14.4 Å². The first-order valence-corrected chi connectivity index (χ1v) is 14.2. The summed E-state index contributed by atoms with van der Waals surface area (Å²) in [5, 5.41) is 13.4. The van der Waals surface area contributed by atoms with Crippen LogP contribution in [0.4, 0.5) is 14.6 Å². The number of halogens is 3. The minimum absolute atomic E-state index is 0.0197. The number of carbonyl (C=O) groups excluding carboxylic acids is 1. The molecule has 2 fully saturated rings. The molecular formula is C29H31ClF2N6O2. The Labute approximate surface area is 237 Å². The van der Waals surface area contributed by atoms with Crippen molar-refractivity contribution in [2.75, 3.05) is 37.7 Å². The maximum absolute atomic E-state index is 16.8. The summed E-state index contributed by atoms with van der Waals surface area (Å²) >= 11 is 6.49. The number of aromatic nitrogens is 2. The summed E-state index contributed by atoms with van der Waals surface area (Å²) in [6, 6.07) is 7.56. The third-order valence-corrected chi connectivity index (χ3v) is 9.32. The van der Waals surface area contributed by atoms with E-state index < -0.39 is 29.4 Å². The Morgan fingerprint density at radius 3 is 2.75 bits per heavy atom. The number of nitriles is 1. The predicted octanol–water partition coefficient (Wildman–Crippen LogP) is 4.13. The first kappa shape index (κ1) is 26.9. The predicted molar refractivity (Wildman–Crippen MR) is 146 cm³/mol. The molecule has 3 heterocycles. The van der Waals surface area contributed by atoms with E-state index in [0.717, 1.165) is 24.1 Å². The normalized spacial score (nSPS) is 27.0. The fraction of sp³-hybridized carbons (Fsp3) is 0.517. The zero-order chi connectivity index (χ0) is 28.0. The van der Waals surface area contributed by atoms with Crippen molar-refractivity contribution in [2.45, 2.75) is 62.2 Å². The molecule has 4 atom stereocenters. The van der Waals surface area contributed by atoms with E-state index in [-0.39, 0.29) is 31.6 Å². The molecule has 2 aliphatic heterocycles. The highest BCUT2D eigenvalue weighted by atomic mass is 35.5. The number of hydrogen-bond donors (Lipinski definition) is 1. The van der Waals surface area contributed by atoms with Crippen molar-refractivity contribution in [1.82, 2.24) is 20.2 Å². The summed E-state index contributed by atoms with van der Waals surface area (Å²) < 4.78 is 36.5. The average Bonchev–Trinajstić information content (AvgIpc) is 3.30. The van der Waals surface area contributed by atoms with Crippen molar-refractivity contribution < 1.29 is 18.3 Å². The van der Waals surface area contributed by atoms with Gasteiger partial charge in [0.25, 0.3) is 5.91 Å². The summed E-state index contributed by atoms with van der Waals surface area (Å²) in [5.41, 5.74) is 2.28. The van der Waals surface area contributed by atoms with Gasteiger partial charge in [-0.15, -0.1) is 0 Å². The van der Waals surface area contributed by atoms with Gasteiger partial charge < -0.3 is 19.9 Å². The summed E-state index contributed by atoms with van der Waals surface area (Å²) in [4.78, 5) is 25.1. The fourth-order valence-electron chi connectivity index (χ4n) is 6.68. The number of carbonyl (C=O) groups is 1. The van der Waals surface area contributed by atoms with Crippen LogP contribution >= 0.6 is 11.6 Å². The van der Waals surface area contributed by atoms with Gasteiger partial charge >= 0.3 is 6.01 Å². The Bertz CT molecular complexity index is 1400. The summed E-state index contributed by atoms with van der Waals surface area (Å²) in [5.74, 6) is -1.32. The number of amides is 1. The second-order valence-corrected chi connectivity index (χ2v) is 11.5. The molecule has 1 N–H and O–H groups in total. The smallest absolute Gasteiger partial charge is 0.318 e. The molecule has 210 valence electrons. The molecule has 1 amide bonds. The highest BCUT2D eigenvalue weighted by Gasteiger charge is 2.51. The molecule has 1 aromatic heterocycles. The molecule has 1 unspecified atom stereocenters. The number of nitrogens with one attached hydrogen (secondary N) is 1. The lowest BCUT2D eigenvalue weighted by Gasteiger charge is -2.43. The number of hydrogen-bond acceptors (Lipinski definition) is 7.